The van der Waals surface area contributed by atoms with Gasteiger partial charge in [-0.1, -0.05) is 37.3 Å². The SMILES string of the molecule is CCc1nc(N)cc(N2CCC(c3ccccc3)C2)n1. The molecule has 2 aromatic rings. The van der Waals surface area contributed by atoms with E-state index in [0.717, 1.165) is 37.6 Å². The Labute approximate surface area is 119 Å². The lowest BCUT2D eigenvalue weighted by atomic mass is 9.99. The fourth-order valence-electron chi connectivity index (χ4n) is 2.79. The maximum Gasteiger partial charge on any atom is 0.134 e. The van der Waals surface area contributed by atoms with Crippen LogP contribution in [0.4, 0.5) is 11.6 Å². The summed E-state index contributed by atoms with van der Waals surface area (Å²) >= 11 is 0. The van der Waals surface area contributed by atoms with Crippen molar-refractivity contribution in [3.8, 4) is 0 Å². The van der Waals surface area contributed by atoms with Gasteiger partial charge in [-0.15, -0.1) is 0 Å². The molecule has 20 heavy (non-hydrogen) atoms. The minimum Gasteiger partial charge on any atom is -0.384 e. The number of nitrogens with zero attached hydrogens (tertiary/aromatic N) is 3. The number of anilines is 2. The van der Waals surface area contributed by atoms with Crippen LogP contribution in [0.15, 0.2) is 36.4 Å². The molecule has 1 aliphatic heterocycles. The lowest BCUT2D eigenvalue weighted by Crippen LogP contribution is -2.21. The van der Waals surface area contributed by atoms with Crippen LogP contribution in [0.5, 0.6) is 0 Å². The van der Waals surface area contributed by atoms with Gasteiger partial charge in [0, 0.05) is 31.5 Å². The highest BCUT2D eigenvalue weighted by atomic mass is 15.2. The van der Waals surface area contributed by atoms with E-state index in [2.05, 4.69) is 52.1 Å². The van der Waals surface area contributed by atoms with Gasteiger partial charge >= 0.3 is 0 Å². The van der Waals surface area contributed by atoms with Crippen LogP contribution < -0.4 is 10.6 Å². The second kappa shape index (κ2) is 5.49. The summed E-state index contributed by atoms with van der Waals surface area (Å²) in [5, 5.41) is 0. The number of aryl methyl sites for hydroxylation is 1. The summed E-state index contributed by atoms with van der Waals surface area (Å²) in [6, 6.07) is 12.6. The van der Waals surface area contributed by atoms with Crippen LogP contribution >= 0.6 is 0 Å². The topological polar surface area (TPSA) is 55.0 Å². The Bertz CT molecular complexity index is 582. The fraction of sp³-hybridized carbons (Fsp3) is 0.375. The maximum atomic E-state index is 5.87. The molecule has 4 heteroatoms. The van der Waals surface area contributed by atoms with Gasteiger partial charge in [0.1, 0.15) is 17.5 Å². The van der Waals surface area contributed by atoms with E-state index < -0.39 is 0 Å². The van der Waals surface area contributed by atoms with Crippen molar-refractivity contribution in [2.45, 2.75) is 25.7 Å². The van der Waals surface area contributed by atoms with Gasteiger partial charge in [0.05, 0.1) is 0 Å². The van der Waals surface area contributed by atoms with Crippen molar-refractivity contribution in [2.75, 3.05) is 23.7 Å². The Balaban J connectivity index is 1.79. The molecule has 1 saturated heterocycles. The zero-order chi connectivity index (χ0) is 13.9. The normalized spacial score (nSPS) is 18.4. The van der Waals surface area contributed by atoms with Crippen LogP contribution in [0, 0.1) is 0 Å². The molecule has 2 heterocycles. The van der Waals surface area contributed by atoms with E-state index in [1.54, 1.807) is 0 Å². The molecule has 1 aliphatic rings. The van der Waals surface area contributed by atoms with Gasteiger partial charge in [-0.25, -0.2) is 9.97 Å². The number of aromatic nitrogens is 2. The highest BCUT2D eigenvalue weighted by Crippen LogP contribution is 2.30. The van der Waals surface area contributed by atoms with Gasteiger partial charge in [-0.05, 0) is 12.0 Å². The molecular weight excluding hydrogens is 248 g/mol. The lowest BCUT2D eigenvalue weighted by Gasteiger charge is -2.18. The summed E-state index contributed by atoms with van der Waals surface area (Å²) in [7, 11) is 0. The summed E-state index contributed by atoms with van der Waals surface area (Å²) in [5.74, 6) is 2.93. The minimum atomic E-state index is 0.565. The molecule has 0 radical (unpaired) electrons. The Morgan fingerprint density at radius 3 is 2.80 bits per heavy atom. The largest absolute Gasteiger partial charge is 0.384 e. The van der Waals surface area contributed by atoms with Crippen molar-refractivity contribution < 1.29 is 0 Å². The van der Waals surface area contributed by atoms with Crippen LogP contribution in [0.2, 0.25) is 0 Å². The van der Waals surface area contributed by atoms with Crippen LogP contribution in [0.3, 0.4) is 0 Å². The van der Waals surface area contributed by atoms with Crippen molar-refractivity contribution in [2.24, 2.45) is 0 Å². The Morgan fingerprint density at radius 1 is 1.25 bits per heavy atom. The third-order valence-electron chi connectivity index (χ3n) is 3.88. The lowest BCUT2D eigenvalue weighted by molar-refractivity contribution is 0.773. The molecule has 1 aromatic heterocycles. The molecule has 1 aromatic carbocycles. The zero-order valence-corrected chi connectivity index (χ0v) is 11.8. The number of benzene rings is 1. The third kappa shape index (κ3) is 2.59. The van der Waals surface area contributed by atoms with E-state index in [1.165, 1.54) is 5.56 Å². The standard InChI is InChI=1S/C16H20N4/c1-2-15-18-14(17)10-16(19-15)20-9-8-13(11-20)12-6-4-3-5-7-12/h3-7,10,13H,2,8-9,11H2,1H3,(H2,17,18,19). The van der Waals surface area contributed by atoms with Gasteiger partial charge in [0.25, 0.3) is 0 Å². The van der Waals surface area contributed by atoms with E-state index in [4.69, 9.17) is 5.73 Å². The summed E-state index contributed by atoms with van der Waals surface area (Å²) in [6.45, 7) is 4.08. The van der Waals surface area contributed by atoms with Gasteiger partial charge in [0.15, 0.2) is 0 Å². The average Bonchev–Trinajstić information content (AvgIpc) is 2.97. The molecule has 0 saturated carbocycles. The van der Waals surface area contributed by atoms with Gasteiger partial charge < -0.3 is 10.6 Å². The number of nitrogens with two attached hydrogens (primary N) is 1. The molecule has 1 atom stereocenters. The van der Waals surface area contributed by atoms with Gasteiger partial charge in [-0.3, -0.25) is 0 Å². The minimum absolute atomic E-state index is 0.565. The van der Waals surface area contributed by atoms with E-state index in [9.17, 15) is 0 Å². The molecule has 1 unspecified atom stereocenters. The van der Waals surface area contributed by atoms with Crippen LogP contribution in [-0.4, -0.2) is 23.1 Å². The van der Waals surface area contributed by atoms with Crippen LogP contribution in [0.25, 0.3) is 0 Å². The van der Waals surface area contributed by atoms with E-state index in [0.29, 0.717) is 11.7 Å². The fourth-order valence-corrected chi connectivity index (χ4v) is 2.79. The molecule has 0 bridgehead atoms. The first-order chi connectivity index (χ1) is 9.76. The van der Waals surface area contributed by atoms with E-state index in [-0.39, 0.29) is 0 Å². The Hall–Kier alpha value is -2.10. The average molecular weight is 268 g/mol. The maximum absolute atomic E-state index is 5.87. The first-order valence-electron chi connectivity index (χ1n) is 7.19. The molecule has 4 nitrogen and oxygen atoms in total. The Kier molecular flexibility index (Phi) is 3.54. The zero-order valence-electron chi connectivity index (χ0n) is 11.8. The molecular formula is C16H20N4. The van der Waals surface area contributed by atoms with Crippen molar-refractivity contribution in [1.82, 2.24) is 9.97 Å². The quantitative estimate of drug-likeness (QED) is 0.929. The first kappa shape index (κ1) is 12.9. The molecule has 1 fully saturated rings. The van der Waals surface area contributed by atoms with Crippen LogP contribution in [0.1, 0.15) is 30.7 Å². The molecule has 0 amide bonds. The predicted octanol–water partition coefficient (Wildman–Crippen LogP) is 2.62. The van der Waals surface area contributed by atoms with E-state index in [1.807, 2.05) is 6.07 Å². The van der Waals surface area contributed by atoms with Gasteiger partial charge in [0.2, 0.25) is 0 Å². The summed E-state index contributed by atoms with van der Waals surface area (Å²) in [5.41, 5.74) is 7.28. The highest BCUT2D eigenvalue weighted by molar-refractivity contribution is 5.48. The number of hydrogen-bond acceptors (Lipinski definition) is 4. The van der Waals surface area contributed by atoms with Crippen molar-refractivity contribution in [3.63, 3.8) is 0 Å². The number of rotatable bonds is 3. The molecule has 0 spiro atoms. The Morgan fingerprint density at radius 2 is 2.05 bits per heavy atom. The smallest absolute Gasteiger partial charge is 0.134 e. The first-order valence-corrected chi connectivity index (χ1v) is 7.19. The van der Waals surface area contributed by atoms with Crippen molar-refractivity contribution in [3.05, 3.63) is 47.8 Å². The molecule has 3 rings (SSSR count). The molecule has 0 aliphatic carbocycles. The second-order valence-corrected chi connectivity index (χ2v) is 5.26. The van der Waals surface area contributed by atoms with Gasteiger partial charge in [-0.2, -0.15) is 0 Å². The molecule has 104 valence electrons. The van der Waals surface area contributed by atoms with Crippen LogP contribution in [-0.2, 0) is 6.42 Å². The summed E-state index contributed by atoms with van der Waals surface area (Å²) in [6.07, 6.45) is 1.98. The molecule has 2 N–H and O–H groups in total. The summed E-state index contributed by atoms with van der Waals surface area (Å²) in [4.78, 5) is 11.2. The number of nitrogen functional groups attached to an aromatic ring is 1. The third-order valence-corrected chi connectivity index (χ3v) is 3.88. The van der Waals surface area contributed by atoms with Crippen molar-refractivity contribution >= 4 is 11.6 Å². The summed E-state index contributed by atoms with van der Waals surface area (Å²) < 4.78 is 0. The van der Waals surface area contributed by atoms with E-state index >= 15 is 0 Å². The highest BCUT2D eigenvalue weighted by Gasteiger charge is 2.25. The predicted molar refractivity (Wildman–Crippen MR) is 81.8 cm³/mol. The number of hydrogen-bond donors (Lipinski definition) is 1. The van der Waals surface area contributed by atoms with Crippen molar-refractivity contribution in [1.29, 1.82) is 0 Å². The second-order valence-electron chi connectivity index (χ2n) is 5.26. The monoisotopic (exact) mass is 268 g/mol.